The fourth-order valence-corrected chi connectivity index (χ4v) is 2.94. The first-order valence-corrected chi connectivity index (χ1v) is 7.02. The van der Waals surface area contributed by atoms with Crippen LogP contribution in [0.5, 0.6) is 0 Å². The van der Waals surface area contributed by atoms with Crippen LogP contribution in [0.3, 0.4) is 0 Å². The molecule has 0 radical (unpaired) electrons. The van der Waals surface area contributed by atoms with Crippen molar-refractivity contribution < 1.29 is 9.59 Å². The molecule has 0 spiro atoms. The van der Waals surface area contributed by atoms with Crippen molar-refractivity contribution >= 4 is 11.8 Å². The van der Waals surface area contributed by atoms with E-state index in [-0.39, 0.29) is 17.2 Å². The molecule has 2 aliphatic heterocycles. The molecule has 2 fully saturated rings. The maximum atomic E-state index is 12.0. The Bertz CT molecular complexity index is 313. The number of amides is 2. The van der Waals surface area contributed by atoms with Crippen LogP contribution in [0.1, 0.15) is 46.0 Å². The van der Waals surface area contributed by atoms with Crippen LogP contribution >= 0.6 is 0 Å². The summed E-state index contributed by atoms with van der Waals surface area (Å²) in [6, 6.07) is 0. The van der Waals surface area contributed by atoms with Crippen molar-refractivity contribution in [1.82, 2.24) is 10.2 Å². The fourth-order valence-electron chi connectivity index (χ4n) is 2.94. The molecule has 0 bridgehead atoms. The Morgan fingerprint density at radius 1 is 1.17 bits per heavy atom. The maximum Gasteiger partial charge on any atom is 0.229 e. The minimum absolute atomic E-state index is 0.0187. The molecule has 102 valence electrons. The minimum atomic E-state index is -0.153. The molecular weight excluding hydrogens is 228 g/mol. The van der Waals surface area contributed by atoms with Gasteiger partial charge in [-0.15, -0.1) is 0 Å². The van der Waals surface area contributed by atoms with Crippen molar-refractivity contribution in [2.45, 2.75) is 46.0 Å². The number of carbonyl (C=O) groups is 2. The number of piperidine rings is 2. The Morgan fingerprint density at radius 3 is 2.28 bits per heavy atom. The third-order valence-corrected chi connectivity index (χ3v) is 4.08. The molecule has 2 saturated heterocycles. The van der Waals surface area contributed by atoms with E-state index in [0.29, 0.717) is 25.3 Å². The van der Waals surface area contributed by atoms with E-state index in [0.717, 1.165) is 19.5 Å². The Labute approximate surface area is 109 Å². The summed E-state index contributed by atoms with van der Waals surface area (Å²) in [4.78, 5) is 25.5. The predicted molar refractivity (Wildman–Crippen MR) is 69.9 cm³/mol. The summed E-state index contributed by atoms with van der Waals surface area (Å²) in [7, 11) is 0. The molecule has 0 aromatic carbocycles. The highest BCUT2D eigenvalue weighted by Gasteiger charge is 2.37. The molecule has 0 saturated carbocycles. The molecule has 2 heterocycles. The number of hydrogen-bond donors (Lipinski definition) is 1. The van der Waals surface area contributed by atoms with Crippen LogP contribution in [0.2, 0.25) is 0 Å². The zero-order valence-corrected chi connectivity index (χ0v) is 11.5. The van der Waals surface area contributed by atoms with E-state index in [1.807, 2.05) is 13.8 Å². The molecule has 2 aliphatic rings. The van der Waals surface area contributed by atoms with Crippen LogP contribution in [0.4, 0.5) is 0 Å². The third-order valence-electron chi connectivity index (χ3n) is 4.08. The zero-order valence-electron chi connectivity index (χ0n) is 11.5. The largest absolute Gasteiger partial charge is 0.317 e. The fraction of sp³-hybridized carbons (Fsp3) is 0.857. The summed E-state index contributed by atoms with van der Waals surface area (Å²) in [6.45, 7) is 6.75. The quantitative estimate of drug-likeness (QED) is 0.775. The number of hydrogen-bond acceptors (Lipinski definition) is 3. The average Bonchev–Trinajstić information content (AvgIpc) is 2.27. The zero-order chi connectivity index (χ0) is 13.2. The SMILES string of the molecule is CC1(C)CC(=O)N(CCC2CCNCC2)C(=O)C1. The van der Waals surface area contributed by atoms with Crippen LogP contribution in [-0.2, 0) is 9.59 Å². The van der Waals surface area contributed by atoms with Gasteiger partial charge in [0.15, 0.2) is 0 Å². The Morgan fingerprint density at radius 2 is 1.72 bits per heavy atom. The van der Waals surface area contributed by atoms with Crippen LogP contribution in [0, 0.1) is 11.3 Å². The second kappa shape index (κ2) is 5.39. The third kappa shape index (κ3) is 3.31. The lowest BCUT2D eigenvalue weighted by Crippen LogP contribution is -2.47. The van der Waals surface area contributed by atoms with Crippen LogP contribution in [-0.4, -0.2) is 36.3 Å². The molecule has 0 unspecified atom stereocenters. The van der Waals surface area contributed by atoms with Gasteiger partial charge in [-0.25, -0.2) is 0 Å². The summed E-state index contributed by atoms with van der Waals surface area (Å²) in [5.41, 5.74) is -0.153. The molecule has 1 N–H and O–H groups in total. The average molecular weight is 252 g/mol. The normalized spacial score (nSPS) is 25.6. The second-order valence-electron chi connectivity index (χ2n) is 6.44. The molecule has 4 heteroatoms. The van der Waals surface area contributed by atoms with Crippen molar-refractivity contribution in [3.05, 3.63) is 0 Å². The van der Waals surface area contributed by atoms with Gasteiger partial charge < -0.3 is 5.32 Å². The highest BCUT2D eigenvalue weighted by atomic mass is 16.2. The first-order valence-electron chi connectivity index (χ1n) is 7.02. The Balaban J connectivity index is 1.85. The van der Waals surface area contributed by atoms with E-state index in [9.17, 15) is 9.59 Å². The van der Waals surface area contributed by atoms with Crippen molar-refractivity contribution in [2.75, 3.05) is 19.6 Å². The summed E-state index contributed by atoms with van der Waals surface area (Å²) >= 11 is 0. The Hall–Kier alpha value is -0.900. The lowest BCUT2D eigenvalue weighted by atomic mass is 9.81. The molecule has 0 atom stereocenters. The smallest absolute Gasteiger partial charge is 0.229 e. The standard InChI is InChI=1S/C14H24N2O2/c1-14(2)9-12(17)16(13(18)10-14)8-5-11-3-6-15-7-4-11/h11,15H,3-10H2,1-2H3. The van der Waals surface area contributed by atoms with E-state index in [4.69, 9.17) is 0 Å². The molecular formula is C14H24N2O2. The van der Waals surface area contributed by atoms with Gasteiger partial charge in [0.25, 0.3) is 0 Å². The van der Waals surface area contributed by atoms with Gasteiger partial charge in [0, 0.05) is 19.4 Å². The van der Waals surface area contributed by atoms with Crippen molar-refractivity contribution in [2.24, 2.45) is 11.3 Å². The molecule has 2 rings (SSSR count). The number of rotatable bonds is 3. The molecule has 18 heavy (non-hydrogen) atoms. The van der Waals surface area contributed by atoms with E-state index in [2.05, 4.69) is 5.32 Å². The lowest BCUT2D eigenvalue weighted by molar-refractivity contribution is -0.152. The molecule has 0 aromatic heterocycles. The second-order valence-corrected chi connectivity index (χ2v) is 6.44. The first-order chi connectivity index (χ1) is 8.48. The van der Waals surface area contributed by atoms with Gasteiger partial charge in [0.1, 0.15) is 0 Å². The van der Waals surface area contributed by atoms with Crippen LogP contribution in [0.25, 0.3) is 0 Å². The molecule has 4 nitrogen and oxygen atoms in total. The van der Waals surface area contributed by atoms with Gasteiger partial charge in [-0.2, -0.15) is 0 Å². The highest BCUT2D eigenvalue weighted by Crippen LogP contribution is 2.31. The van der Waals surface area contributed by atoms with Crippen molar-refractivity contribution in [3.8, 4) is 0 Å². The topological polar surface area (TPSA) is 49.4 Å². The van der Waals surface area contributed by atoms with Crippen molar-refractivity contribution in [1.29, 1.82) is 0 Å². The number of nitrogens with zero attached hydrogens (tertiary/aromatic N) is 1. The molecule has 2 amide bonds. The first kappa shape index (κ1) is 13.5. The van der Waals surface area contributed by atoms with Gasteiger partial charge in [0.2, 0.25) is 11.8 Å². The Kier molecular flexibility index (Phi) is 4.05. The number of imide groups is 1. The van der Waals surface area contributed by atoms with E-state index < -0.39 is 0 Å². The van der Waals surface area contributed by atoms with E-state index in [1.165, 1.54) is 17.7 Å². The number of carbonyl (C=O) groups excluding carboxylic acids is 2. The van der Waals surface area contributed by atoms with Gasteiger partial charge in [-0.05, 0) is 43.7 Å². The van der Waals surface area contributed by atoms with Gasteiger partial charge >= 0.3 is 0 Å². The predicted octanol–water partition coefficient (Wildman–Crippen LogP) is 1.55. The van der Waals surface area contributed by atoms with E-state index >= 15 is 0 Å². The summed E-state index contributed by atoms with van der Waals surface area (Å²) in [5.74, 6) is 0.706. The summed E-state index contributed by atoms with van der Waals surface area (Å²) in [5, 5.41) is 3.33. The minimum Gasteiger partial charge on any atom is -0.317 e. The van der Waals surface area contributed by atoms with Crippen LogP contribution in [0.15, 0.2) is 0 Å². The number of likely N-dealkylation sites (tertiary alicyclic amines) is 1. The van der Waals surface area contributed by atoms with Gasteiger partial charge in [-0.3, -0.25) is 14.5 Å². The van der Waals surface area contributed by atoms with E-state index in [1.54, 1.807) is 0 Å². The molecule has 0 aromatic rings. The summed E-state index contributed by atoms with van der Waals surface area (Å²) in [6.07, 6.45) is 4.32. The summed E-state index contributed by atoms with van der Waals surface area (Å²) < 4.78 is 0. The van der Waals surface area contributed by atoms with Crippen molar-refractivity contribution in [3.63, 3.8) is 0 Å². The monoisotopic (exact) mass is 252 g/mol. The van der Waals surface area contributed by atoms with Crippen LogP contribution < -0.4 is 5.32 Å². The maximum absolute atomic E-state index is 12.0. The lowest BCUT2D eigenvalue weighted by Gasteiger charge is -2.35. The highest BCUT2D eigenvalue weighted by molar-refractivity contribution is 5.98. The molecule has 0 aliphatic carbocycles. The van der Waals surface area contributed by atoms with Gasteiger partial charge in [-0.1, -0.05) is 13.8 Å². The van der Waals surface area contributed by atoms with Gasteiger partial charge in [0.05, 0.1) is 0 Å². The number of nitrogens with one attached hydrogen (secondary N) is 1.